The molecule has 0 bridgehead atoms. The summed E-state index contributed by atoms with van der Waals surface area (Å²) < 4.78 is 10.6. The van der Waals surface area contributed by atoms with E-state index in [4.69, 9.17) is 20.5 Å². The van der Waals surface area contributed by atoms with Gasteiger partial charge in [-0.05, 0) is 37.1 Å². The summed E-state index contributed by atoms with van der Waals surface area (Å²) >= 11 is 0. The van der Waals surface area contributed by atoms with Crippen LogP contribution in [0.3, 0.4) is 0 Å². The molecule has 1 aromatic carbocycles. The Morgan fingerprint density at radius 1 is 1.35 bits per heavy atom. The number of esters is 1. The molecule has 1 aromatic rings. The van der Waals surface area contributed by atoms with Crippen molar-refractivity contribution >= 4 is 11.7 Å². The summed E-state index contributed by atoms with van der Waals surface area (Å²) in [6, 6.07) is 9.14. The Morgan fingerprint density at radius 3 is 2.65 bits per heavy atom. The van der Waals surface area contributed by atoms with Gasteiger partial charge in [0.1, 0.15) is 5.75 Å². The van der Waals surface area contributed by atoms with Gasteiger partial charge in [0.15, 0.2) is 0 Å². The molecular formula is C15H18N2O3. The summed E-state index contributed by atoms with van der Waals surface area (Å²) in [5.41, 5.74) is 6.16. The van der Waals surface area contributed by atoms with Crippen LogP contribution in [0.1, 0.15) is 25.7 Å². The fourth-order valence-corrected chi connectivity index (χ4v) is 1.84. The summed E-state index contributed by atoms with van der Waals surface area (Å²) in [6.45, 7) is 0.620. The summed E-state index contributed by atoms with van der Waals surface area (Å²) in [5, 5.41) is 8.67. The molecule has 5 heteroatoms. The second kappa shape index (κ2) is 6.29. The average Bonchev–Trinajstić information content (AvgIpc) is 3.20. The topological polar surface area (TPSA) is 85.3 Å². The van der Waals surface area contributed by atoms with Gasteiger partial charge in [-0.2, -0.15) is 5.26 Å². The van der Waals surface area contributed by atoms with Crippen LogP contribution in [0.25, 0.3) is 0 Å². The van der Waals surface area contributed by atoms with Crippen molar-refractivity contribution in [1.29, 1.82) is 5.26 Å². The van der Waals surface area contributed by atoms with Crippen molar-refractivity contribution in [3.8, 4) is 11.8 Å². The number of anilines is 1. The molecule has 0 radical (unpaired) electrons. The Balaban J connectivity index is 1.63. The third kappa shape index (κ3) is 4.16. The number of nitrogen functional groups attached to an aromatic ring is 1. The van der Waals surface area contributed by atoms with Crippen molar-refractivity contribution in [1.82, 2.24) is 0 Å². The zero-order valence-corrected chi connectivity index (χ0v) is 11.3. The van der Waals surface area contributed by atoms with E-state index in [-0.39, 0.29) is 24.4 Å². The SMILES string of the molecule is N#CCC1(COC(=O)CCOc2ccc(N)cc2)CC1. The second-order valence-electron chi connectivity index (χ2n) is 5.16. The molecule has 0 saturated heterocycles. The molecule has 1 aliphatic carbocycles. The Labute approximate surface area is 118 Å². The minimum Gasteiger partial charge on any atom is -0.493 e. The van der Waals surface area contributed by atoms with Gasteiger partial charge in [-0.25, -0.2) is 0 Å². The van der Waals surface area contributed by atoms with Gasteiger partial charge in [0.05, 0.1) is 25.7 Å². The maximum absolute atomic E-state index is 11.6. The highest BCUT2D eigenvalue weighted by molar-refractivity contribution is 5.69. The van der Waals surface area contributed by atoms with Crippen LogP contribution in [0.2, 0.25) is 0 Å². The minimum absolute atomic E-state index is 0.0672. The zero-order valence-electron chi connectivity index (χ0n) is 11.3. The lowest BCUT2D eigenvalue weighted by atomic mass is 10.1. The van der Waals surface area contributed by atoms with E-state index in [0.29, 0.717) is 24.5 Å². The van der Waals surface area contributed by atoms with Gasteiger partial charge in [0.2, 0.25) is 0 Å². The number of hydrogen-bond acceptors (Lipinski definition) is 5. The maximum Gasteiger partial charge on any atom is 0.309 e. The molecule has 0 atom stereocenters. The lowest BCUT2D eigenvalue weighted by Gasteiger charge is -2.12. The molecule has 2 N–H and O–H groups in total. The van der Waals surface area contributed by atoms with E-state index in [9.17, 15) is 4.79 Å². The molecule has 0 amide bonds. The Hall–Kier alpha value is -2.22. The molecular weight excluding hydrogens is 256 g/mol. The van der Waals surface area contributed by atoms with E-state index < -0.39 is 0 Å². The highest BCUT2D eigenvalue weighted by atomic mass is 16.5. The molecule has 0 aromatic heterocycles. The van der Waals surface area contributed by atoms with Gasteiger partial charge in [0, 0.05) is 17.5 Å². The van der Waals surface area contributed by atoms with E-state index in [1.165, 1.54) is 0 Å². The van der Waals surface area contributed by atoms with Crippen molar-refractivity contribution in [2.45, 2.75) is 25.7 Å². The number of carbonyl (C=O) groups is 1. The van der Waals surface area contributed by atoms with E-state index in [1.807, 2.05) is 0 Å². The first-order chi connectivity index (χ1) is 9.63. The van der Waals surface area contributed by atoms with Crippen molar-refractivity contribution in [3.05, 3.63) is 24.3 Å². The van der Waals surface area contributed by atoms with E-state index in [2.05, 4.69) is 6.07 Å². The Kier molecular flexibility index (Phi) is 4.46. The smallest absolute Gasteiger partial charge is 0.309 e. The summed E-state index contributed by atoms with van der Waals surface area (Å²) in [7, 11) is 0. The van der Waals surface area contributed by atoms with Gasteiger partial charge < -0.3 is 15.2 Å². The maximum atomic E-state index is 11.6. The third-order valence-corrected chi connectivity index (χ3v) is 3.41. The molecule has 2 rings (SSSR count). The second-order valence-corrected chi connectivity index (χ2v) is 5.16. The van der Waals surface area contributed by atoms with Crippen molar-refractivity contribution < 1.29 is 14.3 Å². The molecule has 1 fully saturated rings. The lowest BCUT2D eigenvalue weighted by molar-refractivity contribution is -0.146. The van der Waals surface area contributed by atoms with Crippen molar-refractivity contribution in [3.63, 3.8) is 0 Å². The van der Waals surface area contributed by atoms with Crippen LogP contribution < -0.4 is 10.5 Å². The first-order valence-electron chi connectivity index (χ1n) is 6.64. The highest BCUT2D eigenvalue weighted by Crippen LogP contribution is 2.48. The predicted octanol–water partition coefficient (Wildman–Crippen LogP) is 2.27. The van der Waals surface area contributed by atoms with Gasteiger partial charge in [0.25, 0.3) is 0 Å². The van der Waals surface area contributed by atoms with Crippen LogP contribution in [0.4, 0.5) is 5.69 Å². The highest BCUT2D eigenvalue weighted by Gasteiger charge is 2.43. The number of nitrogens with zero attached hydrogens (tertiary/aromatic N) is 1. The van der Waals surface area contributed by atoms with Crippen molar-refractivity contribution in [2.24, 2.45) is 5.41 Å². The molecule has 5 nitrogen and oxygen atoms in total. The fourth-order valence-electron chi connectivity index (χ4n) is 1.84. The Morgan fingerprint density at radius 2 is 2.05 bits per heavy atom. The van der Waals surface area contributed by atoms with Crippen LogP contribution >= 0.6 is 0 Å². The first-order valence-corrected chi connectivity index (χ1v) is 6.64. The number of ether oxygens (including phenoxy) is 2. The molecule has 1 saturated carbocycles. The van der Waals surface area contributed by atoms with Crippen molar-refractivity contribution in [2.75, 3.05) is 18.9 Å². The quantitative estimate of drug-likeness (QED) is 0.609. The van der Waals surface area contributed by atoms with Gasteiger partial charge in [-0.15, -0.1) is 0 Å². The molecule has 0 aliphatic heterocycles. The summed E-state index contributed by atoms with van der Waals surface area (Å²) in [4.78, 5) is 11.6. The molecule has 1 aliphatic rings. The van der Waals surface area contributed by atoms with E-state index in [0.717, 1.165) is 12.8 Å². The number of carbonyl (C=O) groups excluding carboxylic acids is 1. The van der Waals surface area contributed by atoms with Crippen LogP contribution in [-0.2, 0) is 9.53 Å². The molecule has 106 valence electrons. The van der Waals surface area contributed by atoms with Crippen LogP contribution in [-0.4, -0.2) is 19.2 Å². The van der Waals surface area contributed by atoms with Crippen LogP contribution in [0.15, 0.2) is 24.3 Å². The normalized spacial score (nSPS) is 15.2. The molecule has 0 heterocycles. The standard InChI is InChI=1S/C15H18N2O3/c16-9-8-15(6-7-15)11-20-14(18)5-10-19-13-3-1-12(17)2-4-13/h1-4H,5-8,10-11,17H2. The number of benzene rings is 1. The molecule has 0 unspecified atom stereocenters. The van der Waals surface area contributed by atoms with E-state index >= 15 is 0 Å². The fraction of sp³-hybridized carbons (Fsp3) is 0.467. The molecule has 0 spiro atoms. The third-order valence-electron chi connectivity index (χ3n) is 3.41. The Bertz CT molecular complexity index is 501. The number of hydrogen-bond donors (Lipinski definition) is 1. The minimum atomic E-state index is -0.287. The van der Waals surface area contributed by atoms with Gasteiger partial charge in [-0.1, -0.05) is 0 Å². The average molecular weight is 274 g/mol. The van der Waals surface area contributed by atoms with Crippen LogP contribution in [0, 0.1) is 16.7 Å². The van der Waals surface area contributed by atoms with Crippen LogP contribution in [0.5, 0.6) is 5.75 Å². The largest absolute Gasteiger partial charge is 0.493 e. The lowest BCUT2D eigenvalue weighted by Crippen LogP contribution is -2.16. The zero-order chi connectivity index (χ0) is 14.4. The number of rotatable bonds is 7. The number of nitrogens with two attached hydrogens (primary N) is 1. The van der Waals surface area contributed by atoms with Gasteiger partial charge >= 0.3 is 5.97 Å². The summed E-state index contributed by atoms with van der Waals surface area (Å²) in [5.74, 6) is 0.389. The van der Waals surface area contributed by atoms with Gasteiger partial charge in [-0.3, -0.25) is 4.79 Å². The summed E-state index contributed by atoms with van der Waals surface area (Å²) in [6.07, 6.45) is 2.60. The van der Waals surface area contributed by atoms with E-state index in [1.54, 1.807) is 24.3 Å². The number of nitriles is 1. The molecule has 20 heavy (non-hydrogen) atoms. The first kappa shape index (κ1) is 14.2. The predicted molar refractivity (Wildman–Crippen MR) is 73.8 cm³/mol. The monoisotopic (exact) mass is 274 g/mol.